The maximum Gasteiger partial charge on any atom is 0.273 e. The van der Waals surface area contributed by atoms with Crippen LogP contribution in [0.2, 0.25) is 0 Å². The van der Waals surface area contributed by atoms with E-state index in [0.29, 0.717) is 25.1 Å². The van der Waals surface area contributed by atoms with Crippen LogP contribution in [0.5, 0.6) is 0 Å². The highest BCUT2D eigenvalue weighted by molar-refractivity contribution is 7.92. The molecule has 1 unspecified atom stereocenters. The molecule has 0 aromatic carbocycles. The number of hydrogen-bond acceptors (Lipinski definition) is 6. The molecule has 1 aliphatic rings. The van der Waals surface area contributed by atoms with Crippen LogP contribution in [0.15, 0.2) is 21.6 Å². The molecule has 0 saturated carbocycles. The molecular weight excluding hydrogens is 316 g/mol. The summed E-state index contributed by atoms with van der Waals surface area (Å²) in [4.78, 5) is 0. The Kier molecular flexibility index (Phi) is 5.07. The van der Waals surface area contributed by atoms with Crippen LogP contribution in [0, 0.1) is 0 Å². The van der Waals surface area contributed by atoms with Crippen molar-refractivity contribution in [1.29, 1.82) is 0 Å². The Morgan fingerprint density at radius 2 is 2.14 bits per heavy atom. The predicted molar refractivity (Wildman–Crippen MR) is 78.1 cm³/mol. The Morgan fingerprint density at radius 3 is 2.76 bits per heavy atom. The maximum atomic E-state index is 12.1. The van der Waals surface area contributed by atoms with Crippen LogP contribution in [0.25, 0.3) is 0 Å². The van der Waals surface area contributed by atoms with Gasteiger partial charge in [-0.2, -0.15) is 0 Å². The van der Waals surface area contributed by atoms with Gasteiger partial charge in [0.2, 0.25) is 5.09 Å². The van der Waals surface area contributed by atoms with Crippen LogP contribution in [-0.4, -0.2) is 40.9 Å². The lowest BCUT2D eigenvalue weighted by Crippen LogP contribution is -2.34. The molecule has 1 atom stereocenters. The molecule has 1 aromatic heterocycles. The van der Waals surface area contributed by atoms with E-state index in [1.165, 1.54) is 6.07 Å². The van der Waals surface area contributed by atoms with Gasteiger partial charge in [-0.3, -0.25) is 0 Å². The summed E-state index contributed by atoms with van der Waals surface area (Å²) in [5.41, 5.74) is 0. The average molecular weight is 336 g/mol. The Balaban J connectivity index is 2.00. The van der Waals surface area contributed by atoms with Crippen LogP contribution >= 0.6 is 0 Å². The second-order valence-corrected chi connectivity index (χ2v) is 9.08. The van der Waals surface area contributed by atoms with E-state index in [-0.39, 0.29) is 17.4 Å². The largest absolute Gasteiger partial charge is 0.447 e. The second-order valence-electron chi connectivity index (χ2n) is 4.98. The zero-order chi connectivity index (χ0) is 15.5. The first kappa shape index (κ1) is 16.5. The minimum atomic E-state index is -3.81. The first-order valence-electron chi connectivity index (χ1n) is 6.86. The zero-order valence-corrected chi connectivity index (χ0v) is 13.5. The third kappa shape index (κ3) is 4.06. The van der Waals surface area contributed by atoms with Crippen molar-refractivity contribution in [2.45, 2.75) is 36.7 Å². The summed E-state index contributed by atoms with van der Waals surface area (Å²) in [6.45, 7) is 3.03. The smallest absolute Gasteiger partial charge is 0.273 e. The van der Waals surface area contributed by atoms with Gasteiger partial charge < -0.3 is 9.73 Å². The molecule has 1 aliphatic heterocycles. The first-order chi connectivity index (χ1) is 9.85. The quantitative estimate of drug-likeness (QED) is 0.739. The van der Waals surface area contributed by atoms with E-state index in [9.17, 15) is 16.8 Å². The van der Waals surface area contributed by atoms with Crippen LogP contribution in [0.1, 0.15) is 25.5 Å². The summed E-state index contributed by atoms with van der Waals surface area (Å²) in [6.07, 6.45) is 1.08. The van der Waals surface area contributed by atoms with Gasteiger partial charge in [-0.1, -0.05) is 6.92 Å². The fourth-order valence-corrected chi connectivity index (χ4v) is 5.10. The van der Waals surface area contributed by atoms with Gasteiger partial charge in [0.1, 0.15) is 5.76 Å². The number of rotatable bonds is 7. The molecule has 2 rings (SSSR count). The fourth-order valence-electron chi connectivity index (χ4n) is 2.21. The van der Waals surface area contributed by atoms with E-state index in [4.69, 9.17) is 4.42 Å². The zero-order valence-electron chi connectivity index (χ0n) is 11.8. The van der Waals surface area contributed by atoms with Crippen molar-refractivity contribution in [2.24, 2.45) is 0 Å². The number of nitrogens with one attached hydrogen (secondary N) is 2. The topological polar surface area (TPSA) is 105 Å². The number of sulfone groups is 1. The summed E-state index contributed by atoms with van der Waals surface area (Å²) >= 11 is 0. The fraction of sp³-hybridized carbons (Fsp3) is 0.667. The van der Waals surface area contributed by atoms with E-state index in [1.54, 1.807) is 6.07 Å². The highest BCUT2D eigenvalue weighted by Gasteiger charge is 2.32. The third-order valence-electron chi connectivity index (χ3n) is 3.41. The van der Waals surface area contributed by atoms with Gasteiger partial charge in [0, 0.05) is 6.54 Å². The molecule has 1 fully saturated rings. The van der Waals surface area contributed by atoms with E-state index in [2.05, 4.69) is 10.0 Å². The van der Waals surface area contributed by atoms with E-state index >= 15 is 0 Å². The van der Waals surface area contributed by atoms with Gasteiger partial charge in [0.05, 0.1) is 17.5 Å². The summed E-state index contributed by atoms with van der Waals surface area (Å²) in [5.74, 6) is 0.651. The minimum absolute atomic E-state index is 0.103. The number of hydrogen-bond donors (Lipinski definition) is 2. The maximum absolute atomic E-state index is 12.1. The minimum Gasteiger partial charge on any atom is -0.447 e. The molecule has 2 N–H and O–H groups in total. The first-order valence-corrected chi connectivity index (χ1v) is 10.1. The van der Waals surface area contributed by atoms with Crippen molar-refractivity contribution >= 4 is 19.9 Å². The molecule has 0 aliphatic carbocycles. The molecule has 9 heteroatoms. The molecule has 0 radical (unpaired) electrons. The summed E-state index contributed by atoms with van der Waals surface area (Å²) in [5, 5.41) is 2.20. The molecular formula is C12H20N2O5S2. The molecule has 120 valence electrons. The monoisotopic (exact) mass is 336 g/mol. The lowest BCUT2D eigenvalue weighted by Gasteiger charge is -2.10. The Bertz CT molecular complexity index is 678. The van der Waals surface area contributed by atoms with Crippen molar-refractivity contribution in [3.8, 4) is 0 Å². The number of sulfonamides is 1. The molecule has 1 saturated heterocycles. The van der Waals surface area contributed by atoms with Gasteiger partial charge in [-0.25, -0.2) is 21.6 Å². The van der Waals surface area contributed by atoms with Crippen LogP contribution in [0.3, 0.4) is 0 Å². The van der Waals surface area contributed by atoms with Gasteiger partial charge in [0.25, 0.3) is 10.0 Å². The predicted octanol–water partition coefficient (Wildman–Crippen LogP) is 0.245. The lowest BCUT2D eigenvalue weighted by molar-refractivity contribution is 0.401. The van der Waals surface area contributed by atoms with Crippen molar-refractivity contribution in [3.05, 3.63) is 17.9 Å². The van der Waals surface area contributed by atoms with Crippen molar-refractivity contribution in [2.75, 3.05) is 18.8 Å². The third-order valence-corrected chi connectivity index (χ3v) is 6.99. The SMILES string of the molecule is CCNCc1ccc(S(=O)(=O)NCC2CCCS2(=O)=O)o1. The summed E-state index contributed by atoms with van der Waals surface area (Å²) in [7, 11) is -6.98. The summed E-state index contributed by atoms with van der Waals surface area (Å²) < 4.78 is 55.1. The molecule has 0 spiro atoms. The van der Waals surface area contributed by atoms with E-state index in [1.807, 2.05) is 6.92 Å². The Labute approximate surface area is 125 Å². The molecule has 1 aromatic rings. The van der Waals surface area contributed by atoms with Crippen LogP contribution < -0.4 is 10.0 Å². The lowest BCUT2D eigenvalue weighted by atomic mass is 10.2. The highest BCUT2D eigenvalue weighted by Crippen LogP contribution is 2.20. The molecule has 0 amide bonds. The van der Waals surface area contributed by atoms with Gasteiger partial charge in [-0.05, 0) is 31.5 Å². The Morgan fingerprint density at radius 1 is 1.38 bits per heavy atom. The van der Waals surface area contributed by atoms with Crippen molar-refractivity contribution in [1.82, 2.24) is 10.0 Å². The Hall–Kier alpha value is -0.900. The molecule has 7 nitrogen and oxygen atoms in total. The number of furan rings is 1. The normalized spacial score (nSPS) is 21.7. The van der Waals surface area contributed by atoms with Crippen molar-refractivity contribution in [3.63, 3.8) is 0 Å². The van der Waals surface area contributed by atoms with Crippen LogP contribution in [0.4, 0.5) is 0 Å². The van der Waals surface area contributed by atoms with Crippen LogP contribution in [-0.2, 0) is 26.4 Å². The van der Waals surface area contributed by atoms with Gasteiger partial charge >= 0.3 is 0 Å². The van der Waals surface area contributed by atoms with E-state index in [0.717, 1.165) is 6.54 Å². The van der Waals surface area contributed by atoms with Crippen molar-refractivity contribution < 1.29 is 21.3 Å². The second kappa shape index (κ2) is 6.47. The molecule has 21 heavy (non-hydrogen) atoms. The highest BCUT2D eigenvalue weighted by atomic mass is 32.2. The average Bonchev–Trinajstić information content (AvgIpc) is 3.01. The van der Waals surface area contributed by atoms with Gasteiger partial charge in [0.15, 0.2) is 9.84 Å². The van der Waals surface area contributed by atoms with E-state index < -0.39 is 25.1 Å². The van der Waals surface area contributed by atoms with Gasteiger partial charge in [-0.15, -0.1) is 0 Å². The summed E-state index contributed by atoms with van der Waals surface area (Å²) in [6, 6.07) is 2.96. The molecule has 0 bridgehead atoms. The molecule has 2 heterocycles. The standard InChI is InChI=1S/C12H20N2O5S2/c1-2-13-8-10-5-6-12(19-10)21(17,18)14-9-11-4-3-7-20(11,15)16/h5-6,11,13-14H,2-4,7-9H2,1H3.